The van der Waals surface area contributed by atoms with Crippen molar-refractivity contribution in [2.45, 2.75) is 70.6 Å². The second-order valence-electron chi connectivity index (χ2n) is 11.3. The second kappa shape index (κ2) is 17.3. The summed E-state index contributed by atoms with van der Waals surface area (Å²) in [6, 6.07) is 10.7. The molecular weight excluding hydrogens is 610 g/mol. The number of nitrogens with zero attached hydrogens (tertiary/aromatic N) is 1. The Morgan fingerprint density at radius 3 is 2.26 bits per heavy atom. The lowest BCUT2D eigenvalue weighted by molar-refractivity contribution is -0.177. The summed E-state index contributed by atoms with van der Waals surface area (Å²) in [6.45, 7) is 3.19. The lowest BCUT2D eigenvalue weighted by Crippen LogP contribution is -2.32. The first-order valence-electron chi connectivity index (χ1n) is 16.0. The highest BCUT2D eigenvalue weighted by Gasteiger charge is 2.35. The number of hydrogen-bond acceptors (Lipinski definition) is 10. The summed E-state index contributed by atoms with van der Waals surface area (Å²) in [4.78, 5) is 78.6. The number of unbranched alkanes of at least 4 members (excludes halogenated alkanes) is 1. The Balaban J connectivity index is 1.47. The number of nitrogens with one attached hydrogen (secondary N) is 2. The van der Waals surface area contributed by atoms with Crippen LogP contribution in [-0.2, 0) is 33.5 Å². The molecule has 3 N–H and O–H groups in total. The predicted molar refractivity (Wildman–Crippen MR) is 169 cm³/mol. The minimum Gasteiger partial charge on any atom is -0.432 e. The van der Waals surface area contributed by atoms with Crippen molar-refractivity contribution in [3.8, 4) is 11.1 Å². The van der Waals surface area contributed by atoms with Crippen molar-refractivity contribution in [2.24, 2.45) is 0 Å². The molecule has 1 aliphatic carbocycles. The number of aliphatic hydroxyl groups is 1. The average Bonchev–Trinajstić information content (AvgIpc) is 3.53. The molecule has 252 valence electrons. The molecule has 0 bridgehead atoms. The minimum atomic E-state index is -1.22. The largest absolute Gasteiger partial charge is 0.533 e. The standard InChI is InChI=1S/C34H41N3O10/c1-2-35-30(40)8-5-9-31(41)36-23-11-13-25-24-12-10-22(29(39)7-6-18-45-17-4-3-16-38)19-26(24)28(27(25)20-23)21-46-34(44)47-37-32(42)14-15-33(37)43/h10-13,19-20,28,38H,2-9,14-18,21H2,1H3,(H,35,40)(H,36,41). The van der Waals surface area contributed by atoms with Crippen LogP contribution in [0.5, 0.6) is 0 Å². The van der Waals surface area contributed by atoms with E-state index in [4.69, 9.17) is 19.4 Å². The van der Waals surface area contributed by atoms with Crippen molar-refractivity contribution >= 4 is 41.3 Å². The fourth-order valence-corrected chi connectivity index (χ4v) is 5.52. The molecule has 1 heterocycles. The van der Waals surface area contributed by atoms with Crippen molar-refractivity contribution in [3.63, 3.8) is 0 Å². The van der Waals surface area contributed by atoms with E-state index in [1.54, 1.807) is 24.3 Å². The molecule has 0 saturated carbocycles. The number of rotatable bonds is 18. The van der Waals surface area contributed by atoms with Gasteiger partial charge in [-0.05, 0) is 73.1 Å². The highest BCUT2D eigenvalue weighted by molar-refractivity contribution is 6.01. The van der Waals surface area contributed by atoms with Crippen LogP contribution in [0.3, 0.4) is 0 Å². The molecule has 1 saturated heterocycles. The van der Waals surface area contributed by atoms with Crippen LogP contribution in [0.1, 0.15) is 92.1 Å². The first-order valence-corrected chi connectivity index (χ1v) is 16.0. The molecule has 0 radical (unpaired) electrons. The number of hydroxylamine groups is 2. The van der Waals surface area contributed by atoms with Crippen molar-refractivity contribution in [1.82, 2.24) is 10.4 Å². The molecule has 4 rings (SSSR count). The predicted octanol–water partition coefficient (Wildman–Crippen LogP) is 4.01. The van der Waals surface area contributed by atoms with Crippen LogP contribution in [0.2, 0.25) is 0 Å². The Morgan fingerprint density at radius 1 is 0.851 bits per heavy atom. The maximum absolute atomic E-state index is 13.1. The third-order valence-electron chi connectivity index (χ3n) is 7.86. The quantitative estimate of drug-likeness (QED) is 0.0923. The van der Waals surface area contributed by atoms with Crippen LogP contribution in [0.4, 0.5) is 10.5 Å². The Hall–Kier alpha value is -4.62. The fourth-order valence-electron chi connectivity index (χ4n) is 5.52. The molecule has 2 aromatic rings. The number of carbonyl (C=O) groups excluding carboxylic acids is 6. The van der Waals surface area contributed by atoms with E-state index in [1.807, 2.05) is 19.1 Å². The summed E-state index contributed by atoms with van der Waals surface area (Å²) in [7, 11) is 0. The molecule has 1 aliphatic heterocycles. The van der Waals surface area contributed by atoms with E-state index < -0.39 is 23.9 Å². The van der Waals surface area contributed by atoms with Gasteiger partial charge in [0.25, 0.3) is 11.8 Å². The topological polar surface area (TPSA) is 178 Å². The van der Waals surface area contributed by atoms with Crippen LogP contribution < -0.4 is 10.6 Å². The Labute approximate surface area is 272 Å². The number of amides is 4. The van der Waals surface area contributed by atoms with Gasteiger partial charge in [-0.2, -0.15) is 0 Å². The van der Waals surface area contributed by atoms with Crippen LogP contribution in [0.15, 0.2) is 36.4 Å². The number of carbonyl (C=O) groups is 6. The monoisotopic (exact) mass is 651 g/mol. The summed E-state index contributed by atoms with van der Waals surface area (Å²) < 4.78 is 10.9. The zero-order valence-electron chi connectivity index (χ0n) is 26.5. The molecule has 2 aromatic carbocycles. The lowest BCUT2D eigenvalue weighted by atomic mass is 9.94. The summed E-state index contributed by atoms with van der Waals surface area (Å²) in [5.74, 6) is -2.26. The third kappa shape index (κ3) is 9.69. The smallest absolute Gasteiger partial charge is 0.432 e. The summed E-state index contributed by atoms with van der Waals surface area (Å²) in [5, 5.41) is 14.8. The van der Waals surface area contributed by atoms with Gasteiger partial charge in [0.1, 0.15) is 6.61 Å². The second-order valence-corrected chi connectivity index (χ2v) is 11.3. The van der Waals surface area contributed by atoms with Gasteiger partial charge in [-0.25, -0.2) is 4.79 Å². The number of anilines is 1. The molecule has 1 atom stereocenters. The van der Waals surface area contributed by atoms with Gasteiger partial charge in [-0.3, -0.25) is 28.8 Å². The van der Waals surface area contributed by atoms with Gasteiger partial charge in [-0.15, -0.1) is 0 Å². The zero-order chi connectivity index (χ0) is 33.8. The summed E-state index contributed by atoms with van der Waals surface area (Å²) in [5.41, 5.74) is 4.13. The van der Waals surface area contributed by atoms with Crippen molar-refractivity contribution < 1.29 is 48.2 Å². The first-order chi connectivity index (χ1) is 22.7. The van der Waals surface area contributed by atoms with E-state index in [0.717, 1.165) is 28.7 Å². The van der Waals surface area contributed by atoms with E-state index >= 15 is 0 Å². The third-order valence-corrected chi connectivity index (χ3v) is 7.86. The van der Waals surface area contributed by atoms with E-state index in [9.17, 15) is 28.8 Å². The normalized spacial score (nSPS) is 14.9. The number of benzene rings is 2. The van der Waals surface area contributed by atoms with Crippen molar-refractivity contribution in [2.75, 3.05) is 38.3 Å². The highest BCUT2D eigenvalue weighted by atomic mass is 16.8. The number of ether oxygens (including phenoxy) is 2. The van der Waals surface area contributed by atoms with Gasteiger partial charge in [-0.1, -0.05) is 23.3 Å². The molecular formula is C34H41N3O10. The Bertz CT molecular complexity index is 1470. The molecule has 1 unspecified atom stereocenters. The van der Waals surface area contributed by atoms with Crippen LogP contribution in [0.25, 0.3) is 11.1 Å². The van der Waals surface area contributed by atoms with Gasteiger partial charge < -0.3 is 25.2 Å². The summed E-state index contributed by atoms with van der Waals surface area (Å²) in [6.07, 6.45) is 1.69. The van der Waals surface area contributed by atoms with Crippen LogP contribution in [0, 0.1) is 0 Å². The number of Topliss-reactive ketones (excluding diaryl/α,β-unsaturated/α-hetero) is 1. The maximum atomic E-state index is 13.1. The molecule has 1 fully saturated rings. The van der Waals surface area contributed by atoms with Gasteiger partial charge >= 0.3 is 6.16 Å². The Kier molecular flexibility index (Phi) is 13.0. The first kappa shape index (κ1) is 35.2. The number of hydrogen-bond donors (Lipinski definition) is 3. The number of imide groups is 1. The Morgan fingerprint density at radius 2 is 1.53 bits per heavy atom. The molecule has 47 heavy (non-hydrogen) atoms. The van der Waals surface area contributed by atoms with E-state index in [0.29, 0.717) is 55.3 Å². The van der Waals surface area contributed by atoms with Crippen LogP contribution in [-0.4, -0.2) is 78.7 Å². The minimum absolute atomic E-state index is 0.0530. The molecule has 0 spiro atoms. The fraction of sp³-hybridized carbons (Fsp3) is 0.471. The highest BCUT2D eigenvalue weighted by Crippen LogP contribution is 2.46. The van der Waals surface area contributed by atoms with Crippen molar-refractivity contribution in [1.29, 1.82) is 0 Å². The van der Waals surface area contributed by atoms with Gasteiger partial charge in [0, 0.05) is 75.6 Å². The van der Waals surface area contributed by atoms with Crippen LogP contribution >= 0.6 is 0 Å². The number of ketones is 1. The van der Waals surface area contributed by atoms with E-state index in [2.05, 4.69) is 10.6 Å². The van der Waals surface area contributed by atoms with E-state index in [1.165, 1.54) is 0 Å². The SMILES string of the molecule is CCNC(=O)CCCC(=O)Nc1ccc2c(c1)C(COC(=O)ON1C(=O)CCC1=O)c1cc(C(=O)CCCOCCCCO)ccc1-2. The maximum Gasteiger partial charge on any atom is 0.533 e. The molecule has 2 aliphatic rings. The van der Waals surface area contributed by atoms with Crippen molar-refractivity contribution in [3.05, 3.63) is 53.1 Å². The van der Waals surface area contributed by atoms with Gasteiger partial charge in [0.05, 0.1) is 0 Å². The lowest BCUT2D eigenvalue weighted by Gasteiger charge is -2.17. The number of fused-ring (bicyclic) bond motifs is 3. The van der Waals surface area contributed by atoms with E-state index in [-0.39, 0.29) is 62.9 Å². The molecule has 4 amide bonds. The molecule has 0 aromatic heterocycles. The molecule has 13 heteroatoms. The zero-order valence-corrected chi connectivity index (χ0v) is 26.5. The van der Waals surface area contributed by atoms with Gasteiger partial charge in [0.2, 0.25) is 11.8 Å². The number of aliphatic hydroxyl groups excluding tert-OH is 1. The van der Waals surface area contributed by atoms with Gasteiger partial charge in [0.15, 0.2) is 5.78 Å². The summed E-state index contributed by atoms with van der Waals surface area (Å²) >= 11 is 0. The average molecular weight is 652 g/mol. The molecule has 13 nitrogen and oxygen atoms in total.